The molecule has 0 saturated carbocycles. The molecule has 29 heavy (non-hydrogen) atoms. The monoisotopic (exact) mass is 401 g/mol. The summed E-state index contributed by atoms with van der Waals surface area (Å²) in [5.41, 5.74) is 2.27. The van der Waals surface area contributed by atoms with Crippen molar-refractivity contribution in [1.29, 1.82) is 0 Å². The number of hydrogen-bond acceptors (Lipinski definition) is 3. The van der Waals surface area contributed by atoms with Crippen molar-refractivity contribution in [2.24, 2.45) is 5.92 Å². The van der Waals surface area contributed by atoms with Gasteiger partial charge in [0.25, 0.3) is 5.91 Å². The van der Waals surface area contributed by atoms with E-state index in [1.807, 2.05) is 42.1 Å². The molecule has 0 aromatic heterocycles. The molecular weight excluding hydrogens is 362 g/mol. The molecular formula is C24H39N3O2. The van der Waals surface area contributed by atoms with Crippen LogP contribution in [0.4, 0.5) is 11.4 Å². The van der Waals surface area contributed by atoms with Crippen LogP contribution in [0.15, 0.2) is 18.2 Å². The van der Waals surface area contributed by atoms with Crippen molar-refractivity contribution in [3.63, 3.8) is 0 Å². The second-order valence-electron chi connectivity index (χ2n) is 8.67. The van der Waals surface area contributed by atoms with Crippen molar-refractivity contribution < 1.29 is 9.59 Å². The number of unbranched alkanes of at least 4 members (excludes halogenated alkanes) is 5. The number of anilines is 2. The van der Waals surface area contributed by atoms with Gasteiger partial charge in [-0.3, -0.25) is 9.59 Å². The lowest BCUT2D eigenvalue weighted by Crippen LogP contribution is -2.38. The molecule has 0 atom stereocenters. The smallest absolute Gasteiger partial charge is 0.256 e. The molecule has 1 aromatic rings. The molecule has 1 saturated heterocycles. The van der Waals surface area contributed by atoms with Gasteiger partial charge in [-0.25, -0.2) is 0 Å². The number of rotatable bonds is 10. The second-order valence-corrected chi connectivity index (χ2v) is 8.67. The molecule has 2 rings (SSSR count). The van der Waals surface area contributed by atoms with Gasteiger partial charge in [0.15, 0.2) is 0 Å². The van der Waals surface area contributed by atoms with Gasteiger partial charge in [0.1, 0.15) is 0 Å². The third-order valence-corrected chi connectivity index (χ3v) is 5.82. The van der Waals surface area contributed by atoms with Crippen LogP contribution in [0.3, 0.4) is 0 Å². The molecule has 1 aliphatic heterocycles. The summed E-state index contributed by atoms with van der Waals surface area (Å²) in [4.78, 5) is 29.4. The van der Waals surface area contributed by atoms with E-state index in [1.54, 1.807) is 0 Å². The quantitative estimate of drug-likeness (QED) is 0.540. The zero-order valence-corrected chi connectivity index (χ0v) is 18.8. The fourth-order valence-corrected chi connectivity index (χ4v) is 3.85. The van der Waals surface area contributed by atoms with Gasteiger partial charge in [-0.1, -0.05) is 46.0 Å². The molecule has 1 heterocycles. The lowest BCUT2D eigenvalue weighted by atomic mass is 9.98. The van der Waals surface area contributed by atoms with Crippen LogP contribution in [-0.4, -0.2) is 43.9 Å². The van der Waals surface area contributed by atoms with Crippen molar-refractivity contribution in [1.82, 2.24) is 4.90 Å². The highest BCUT2D eigenvalue weighted by Crippen LogP contribution is 2.27. The maximum absolute atomic E-state index is 13.2. The normalized spacial score (nSPS) is 14.7. The van der Waals surface area contributed by atoms with Crippen LogP contribution in [0.25, 0.3) is 0 Å². The Morgan fingerprint density at radius 3 is 2.38 bits per heavy atom. The summed E-state index contributed by atoms with van der Waals surface area (Å²) in [7, 11) is 3.89. The van der Waals surface area contributed by atoms with Crippen LogP contribution < -0.4 is 10.2 Å². The van der Waals surface area contributed by atoms with Gasteiger partial charge in [0.05, 0.1) is 5.56 Å². The summed E-state index contributed by atoms with van der Waals surface area (Å²) in [6, 6.07) is 5.67. The Kier molecular flexibility index (Phi) is 9.49. The number of piperidine rings is 1. The molecule has 0 unspecified atom stereocenters. The van der Waals surface area contributed by atoms with E-state index in [1.165, 1.54) is 25.7 Å². The van der Waals surface area contributed by atoms with Gasteiger partial charge in [-0.15, -0.1) is 0 Å². The van der Waals surface area contributed by atoms with Crippen LogP contribution in [0, 0.1) is 5.92 Å². The molecule has 2 amide bonds. The molecule has 5 heteroatoms. The van der Waals surface area contributed by atoms with Crippen LogP contribution >= 0.6 is 0 Å². The predicted octanol–water partition coefficient (Wildman–Crippen LogP) is 5.31. The Balaban J connectivity index is 1.98. The van der Waals surface area contributed by atoms with E-state index in [9.17, 15) is 9.59 Å². The van der Waals surface area contributed by atoms with Crippen LogP contribution in [0.5, 0.6) is 0 Å². The van der Waals surface area contributed by atoms with Crippen molar-refractivity contribution in [2.75, 3.05) is 37.4 Å². The van der Waals surface area contributed by atoms with E-state index in [4.69, 9.17) is 0 Å². The standard InChI is InChI=1S/C24H39N3O2/c1-5-6-7-8-9-10-11-23(28)25-20-12-13-22(26(3)4)21(18-20)24(29)27-16-14-19(2)15-17-27/h12-13,18-19H,5-11,14-17H2,1-4H3,(H,25,28). The van der Waals surface area contributed by atoms with Crippen molar-refractivity contribution >= 4 is 23.2 Å². The molecule has 1 aromatic carbocycles. The SMILES string of the molecule is CCCCCCCCC(=O)Nc1ccc(N(C)C)c(C(=O)N2CCC(C)CC2)c1. The van der Waals surface area contributed by atoms with E-state index < -0.39 is 0 Å². The highest BCUT2D eigenvalue weighted by molar-refractivity contribution is 6.02. The molecule has 0 radical (unpaired) electrons. The topological polar surface area (TPSA) is 52.7 Å². The summed E-state index contributed by atoms with van der Waals surface area (Å²) in [6.45, 7) is 6.07. The van der Waals surface area contributed by atoms with Crippen molar-refractivity contribution in [2.45, 2.75) is 71.6 Å². The summed E-state index contributed by atoms with van der Waals surface area (Å²) >= 11 is 0. The van der Waals surface area contributed by atoms with E-state index in [-0.39, 0.29) is 11.8 Å². The number of hydrogen-bond donors (Lipinski definition) is 1. The molecule has 0 spiro atoms. The summed E-state index contributed by atoms with van der Waals surface area (Å²) < 4.78 is 0. The Labute approximate surface area is 176 Å². The first-order chi connectivity index (χ1) is 13.9. The fourth-order valence-electron chi connectivity index (χ4n) is 3.85. The van der Waals surface area contributed by atoms with Gasteiger partial charge in [-0.2, -0.15) is 0 Å². The number of benzene rings is 1. The fraction of sp³-hybridized carbons (Fsp3) is 0.667. The number of carbonyl (C=O) groups is 2. The van der Waals surface area contributed by atoms with Gasteiger partial charge < -0.3 is 15.1 Å². The maximum atomic E-state index is 13.2. The third kappa shape index (κ3) is 7.37. The van der Waals surface area contributed by atoms with Gasteiger partial charge >= 0.3 is 0 Å². The Morgan fingerprint density at radius 2 is 1.72 bits per heavy atom. The first-order valence-corrected chi connectivity index (χ1v) is 11.3. The average Bonchev–Trinajstić information content (AvgIpc) is 2.70. The molecule has 0 aliphatic carbocycles. The van der Waals surface area contributed by atoms with Crippen LogP contribution in [-0.2, 0) is 4.79 Å². The maximum Gasteiger partial charge on any atom is 0.256 e. The van der Waals surface area contributed by atoms with E-state index >= 15 is 0 Å². The Morgan fingerprint density at radius 1 is 1.07 bits per heavy atom. The minimum Gasteiger partial charge on any atom is -0.377 e. The van der Waals surface area contributed by atoms with Crippen LogP contribution in [0.1, 0.15) is 82.0 Å². The van der Waals surface area contributed by atoms with Gasteiger partial charge in [-0.05, 0) is 43.4 Å². The molecule has 1 N–H and O–H groups in total. The van der Waals surface area contributed by atoms with Gasteiger partial charge in [0, 0.05) is 45.0 Å². The van der Waals surface area contributed by atoms with Crippen LogP contribution in [0.2, 0.25) is 0 Å². The lowest BCUT2D eigenvalue weighted by Gasteiger charge is -2.31. The van der Waals surface area contributed by atoms with Gasteiger partial charge in [0.2, 0.25) is 5.91 Å². The van der Waals surface area contributed by atoms with E-state index in [0.29, 0.717) is 23.6 Å². The lowest BCUT2D eigenvalue weighted by molar-refractivity contribution is -0.116. The second kappa shape index (κ2) is 11.8. The highest BCUT2D eigenvalue weighted by Gasteiger charge is 2.24. The number of amides is 2. The minimum atomic E-state index is 0.0308. The molecule has 162 valence electrons. The molecule has 1 fully saturated rings. The average molecular weight is 402 g/mol. The first kappa shape index (κ1) is 23.2. The Hall–Kier alpha value is -2.04. The first-order valence-electron chi connectivity index (χ1n) is 11.3. The molecule has 0 bridgehead atoms. The predicted molar refractivity (Wildman–Crippen MR) is 122 cm³/mol. The highest BCUT2D eigenvalue weighted by atomic mass is 16.2. The summed E-state index contributed by atoms with van der Waals surface area (Å²) in [5.74, 6) is 0.774. The number of likely N-dealkylation sites (tertiary alicyclic amines) is 1. The molecule has 1 aliphatic rings. The van der Waals surface area contributed by atoms with Crippen molar-refractivity contribution in [3.8, 4) is 0 Å². The largest absolute Gasteiger partial charge is 0.377 e. The van der Waals surface area contributed by atoms with E-state index in [2.05, 4.69) is 19.2 Å². The third-order valence-electron chi connectivity index (χ3n) is 5.82. The van der Waals surface area contributed by atoms with Crippen molar-refractivity contribution in [3.05, 3.63) is 23.8 Å². The number of nitrogens with zero attached hydrogens (tertiary/aromatic N) is 2. The molecule has 5 nitrogen and oxygen atoms in total. The zero-order valence-electron chi connectivity index (χ0n) is 18.8. The number of nitrogens with one attached hydrogen (secondary N) is 1. The summed E-state index contributed by atoms with van der Waals surface area (Å²) in [5, 5.41) is 2.99. The van der Waals surface area contributed by atoms with E-state index in [0.717, 1.165) is 44.5 Å². The Bertz CT molecular complexity index is 664. The minimum absolute atomic E-state index is 0.0308. The summed E-state index contributed by atoms with van der Waals surface area (Å²) in [6.07, 6.45) is 9.63. The number of carbonyl (C=O) groups excluding carboxylic acids is 2. The zero-order chi connectivity index (χ0) is 21.2.